The fraction of sp³-hybridized carbons (Fsp3) is 0.609. The number of anilines is 1. The Hall–Kier alpha value is -4.17. The van der Waals surface area contributed by atoms with E-state index in [-0.39, 0.29) is 24.4 Å². The van der Waals surface area contributed by atoms with E-state index >= 15 is 4.79 Å². The van der Waals surface area contributed by atoms with Crippen LogP contribution in [-0.2, 0) is 50.6 Å². The SMILES string of the molecule is CC[C@H]1C[C@H]2CN(CCc3c([nH]c4ccccc34)[C@@](C(=O)OC)(c3cc4c(cc3OC)N(C=O)[C@H]3[C@@](O)(C(=O)OC)[C@H](OC(C)=O)[C@]5(CC)CCCN6CC[C@]43[C@@H]65)C2)C1.Cl. The number of para-hydroxylation sites is 1. The van der Waals surface area contributed by atoms with Gasteiger partial charge in [-0.1, -0.05) is 38.5 Å². The van der Waals surface area contributed by atoms with E-state index in [1.54, 1.807) is 7.11 Å². The van der Waals surface area contributed by atoms with E-state index in [0.717, 1.165) is 79.6 Å². The molecule has 0 radical (unpaired) electrons. The number of fused-ring (bicyclic) bond motifs is 6. The zero-order chi connectivity index (χ0) is 41.6. The normalized spacial score (nSPS) is 35.3. The number of aliphatic hydroxyl groups is 1. The lowest BCUT2D eigenvalue weighted by Crippen LogP contribution is -2.82. The third kappa shape index (κ3) is 5.53. The molecule has 2 bridgehead atoms. The number of hydrogen-bond acceptors (Lipinski definition) is 11. The van der Waals surface area contributed by atoms with Crippen molar-refractivity contribution in [2.24, 2.45) is 17.3 Å². The van der Waals surface area contributed by atoms with Crippen LogP contribution in [0, 0.1) is 17.3 Å². The number of aromatic nitrogens is 1. The fourth-order valence-corrected chi connectivity index (χ4v) is 13.8. The summed E-state index contributed by atoms with van der Waals surface area (Å²) in [5, 5.41) is 14.4. The lowest BCUT2D eigenvalue weighted by molar-refractivity contribution is -0.242. The number of rotatable bonds is 8. The number of nitrogens with one attached hydrogen (secondary N) is 1. The van der Waals surface area contributed by atoms with Gasteiger partial charge in [0.2, 0.25) is 12.0 Å². The first-order valence-corrected chi connectivity index (χ1v) is 21.5. The second-order valence-corrected chi connectivity index (χ2v) is 18.2. The average molecular weight is 847 g/mol. The van der Waals surface area contributed by atoms with Gasteiger partial charge in [-0.15, -0.1) is 12.4 Å². The zero-order valence-corrected chi connectivity index (χ0v) is 36.4. The van der Waals surface area contributed by atoms with Gasteiger partial charge >= 0.3 is 17.9 Å². The van der Waals surface area contributed by atoms with Crippen molar-refractivity contribution < 1.29 is 43.2 Å². The van der Waals surface area contributed by atoms with E-state index in [2.05, 4.69) is 33.8 Å². The van der Waals surface area contributed by atoms with Gasteiger partial charge in [-0.3, -0.25) is 19.3 Å². The number of aromatic amines is 1. The van der Waals surface area contributed by atoms with E-state index in [1.807, 2.05) is 31.2 Å². The highest BCUT2D eigenvalue weighted by molar-refractivity contribution is 5.96. The van der Waals surface area contributed by atoms with Crippen molar-refractivity contribution in [3.63, 3.8) is 0 Å². The number of amides is 1. The molecule has 4 fully saturated rings. The molecule has 60 heavy (non-hydrogen) atoms. The number of carbonyl (C=O) groups excluding carboxylic acids is 4. The Kier molecular flexibility index (Phi) is 10.9. The Balaban J connectivity index is 0.00000499. The smallest absolute Gasteiger partial charge is 0.344 e. The van der Waals surface area contributed by atoms with Crippen LogP contribution in [-0.4, -0.2) is 122 Å². The number of hydrogen-bond donors (Lipinski definition) is 2. The number of methoxy groups -OCH3 is 3. The van der Waals surface area contributed by atoms with Gasteiger partial charge in [-0.05, 0) is 93.1 Å². The molecule has 13 nitrogen and oxygen atoms in total. The minimum atomic E-state index is -2.45. The predicted octanol–water partition coefficient (Wildman–Crippen LogP) is 5.05. The van der Waals surface area contributed by atoms with Crippen molar-refractivity contribution in [3.05, 3.63) is 58.8 Å². The minimum absolute atomic E-state index is 0. The van der Waals surface area contributed by atoms with Crippen LogP contribution in [0.2, 0.25) is 0 Å². The largest absolute Gasteiger partial charge is 0.496 e. The molecule has 6 aliphatic rings. The average Bonchev–Trinajstić information content (AvgIpc) is 3.92. The molecule has 2 N–H and O–H groups in total. The number of H-pyrrole nitrogens is 1. The van der Waals surface area contributed by atoms with Crippen LogP contribution in [0.15, 0.2) is 36.4 Å². The van der Waals surface area contributed by atoms with Crippen molar-refractivity contribution in [1.29, 1.82) is 0 Å². The first-order chi connectivity index (χ1) is 28.4. The molecule has 6 heterocycles. The molecule has 1 amide bonds. The molecule has 1 aliphatic carbocycles. The molecule has 1 unspecified atom stereocenters. The molecule has 324 valence electrons. The summed E-state index contributed by atoms with van der Waals surface area (Å²) in [5.41, 5.74) is -1.14. The van der Waals surface area contributed by atoms with E-state index in [4.69, 9.17) is 18.9 Å². The molecule has 2 aromatic carbocycles. The third-order valence-corrected chi connectivity index (χ3v) is 15.9. The maximum Gasteiger partial charge on any atom is 0.344 e. The van der Waals surface area contributed by atoms with Crippen LogP contribution in [0.4, 0.5) is 5.69 Å². The van der Waals surface area contributed by atoms with Crippen LogP contribution >= 0.6 is 12.4 Å². The van der Waals surface area contributed by atoms with Gasteiger partial charge in [-0.2, -0.15) is 0 Å². The van der Waals surface area contributed by atoms with Gasteiger partial charge in [0.15, 0.2) is 6.10 Å². The zero-order valence-electron chi connectivity index (χ0n) is 35.6. The van der Waals surface area contributed by atoms with Crippen LogP contribution in [0.25, 0.3) is 10.9 Å². The van der Waals surface area contributed by atoms with Crippen LogP contribution < -0.4 is 9.64 Å². The number of carbonyl (C=O) groups is 4. The molecular weight excluding hydrogens is 788 g/mol. The predicted molar refractivity (Wildman–Crippen MR) is 226 cm³/mol. The van der Waals surface area contributed by atoms with Crippen molar-refractivity contribution in [3.8, 4) is 5.75 Å². The monoisotopic (exact) mass is 846 g/mol. The second-order valence-electron chi connectivity index (χ2n) is 18.2. The van der Waals surface area contributed by atoms with Gasteiger partial charge in [0.05, 0.1) is 33.1 Å². The highest BCUT2D eigenvalue weighted by Crippen LogP contribution is 2.69. The molecule has 14 heteroatoms. The topological polar surface area (TPSA) is 151 Å². The van der Waals surface area contributed by atoms with Gasteiger partial charge in [0.1, 0.15) is 11.2 Å². The van der Waals surface area contributed by atoms with Gasteiger partial charge in [0.25, 0.3) is 0 Å². The Morgan fingerprint density at radius 2 is 1.73 bits per heavy atom. The Morgan fingerprint density at radius 1 is 0.967 bits per heavy atom. The summed E-state index contributed by atoms with van der Waals surface area (Å²) in [7, 11) is 4.23. The highest BCUT2D eigenvalue weighted by Gasteiger charge is 2.81. The third-order valence-electron chi connectivity index (χ3n) is 15.9. The standard InChI is InChI=1S/C46H58N4O9.ClH/c1-7-28-20-29-23-45(41(53)57-5,37-31(14-18-48(24-28)25-29)30-12-9-10-13-34(30)47-37)33-21-32-35(22-36(33)56-4)50(26-51)39-44(32)16-19-49-17-11-15-43(8-2,38(44)49)40(59-27(3)52)46(39,55)42(54)58-6;/h9-10,12-13,21-22,26,28-29,38-40,47,55H,7-8,11,14-20,23-25H2,1-6H3;1H/t28-,29+,38-,39+,40+,43+,44+,45-,46-;/m0./s1. The summed E-state index contributed by atoms with van der Waals surface area (Å²) in [6, 6.07) is 10.5. The van der Waals surface area contributed by atoms with Crippen molar-refractivity contribution in [2.45, 2.75) is 107 Å². The maximum atomic E-state index is 15.3. The molecule has 1 aromatic heterocycles. The minimum Gasteiger partial charge on any atom is -0.496 e. The Labute approximate surface area is 357 Å². The first-order valence-electron chi connectivity index (χ1n) is 21.5. The van der Waals surface area contributed by atoms with Crippen molar-refractivity contribution in [2.75, 3.05) is 59.0 Å². The van der Waals surface area contributed by atoms with Crippen molar-refractivity contribution in [1.82, 2.24) is 14.8 Å². The number of esters is 3. The van der Waals surface area contributed by atoms with Crippen LogP contribution in [0.1, 0.15) is 88.1 Å². The summed E-state index contributed by atoms with van der Waals surface area (Å²) in [6.07, 6.45) is 4.85. The summed E-state index contributed by atoms with van der Waals surface area (Å²) in [6.45, 7) is 9.65. The molecule has 5 aliphatic heterocycles. The number of benzene rings is 2. The Bertz CT molecular complexity index is 2210. The quantitative estimate of drug-likeness (QED) is 0.178. The molecule has 10 atom stereocenters. The molecule has 1 spiro atoms. The molecule has 1 saturated carbocycles. The summed E-state index contributed by atoms with van der Waals surface area (Å²) < 4.78 is 23.9. The fourth-order valence-electron chi connectivity index (χ4n) is 13.8. The summed E-state index contributed by atoms with van der Waals surface area (Å²) in [4.78, 5) is 66.7. The molecular formula is C46H59ClN4O9. The van der Waals surface area contributed by atoms with E-state index in [0.29, 0.717) is 61.6 Å². The summed E-state index contributed by atoms with van der Waals surface area (Å²) in [5.74, 6) is -1.01. The van der Waals surface area contributed by atoms with Gasteiger partial charge in [-0.25, -0.2) is 4.79 Å². The first kappa shape index (κ1) is 42.5. The molecule has 3 saturated heterocycles. The summed E-state index contributed by atoms with van der Waals surface area (Å²) >= 11 is 0. The van der Waals surface area contributed by atoms with E-state index < -0.39 is 51.9 Å². The van der Waals surface area contributed by atoms with Gasteiger partial charge in [0, 0.05) is 71.7 Å². The number of ether oxygens (including phenoxy) is 4. The van der Waals surface area contributed by atoms with Crippen LogP contribution in [0.5, 0.6) is 5.75 Å². The highest BCUT2D eigenvalue weighted by atomic mass is 35.5. The lowest BCUT2D eigenvalue weighted by atomic mass is 9.46. The maximum absolute atomic E-state index is 15.3. The second kappa shape index (κ2) is 15.3. The van der Waals surface area contributed by atoms with Crippen molar-refractivity contribution >= 4 is 53.3 Å². The lowest BCUT2D eigenvalue weighted by Gasteiger charge is -2.64. The van der Waals surface area contributed by atoms with E-state index in [1.165, 1.54) is 26.0 Å². The van der Waals surface area contributed by atoms with E-state index in [9.17, 15) is 19.5 Å². The van der Waals surface area contributed by atoms with Crippen LogP contribution in [0.3, 0.4) is 0 Å². The van der Waals surface area contributed by atoms with Gasteiger partial charge < -0.3 is 38.8 Å². The molecule has 9 rings (SSSR count). The Morgan fingerprint density at radius 3 is 2.42 bits per heavy atom. The number of halogens is 1. The number of nitrogens with zero attached hydrogens (tertiary/aromatic N) is 3. The molecule has 3 aromatic rings. The number of piperidine rings is 2.